The van der Waals surface area contributed by atoms with Gasteiger partial charge in [0, 0.05) is 5.92 Å². The molecule has 2 rings (SSSR count). The number of hydrogen-bond acceptors (Lipinski definition) is 0. The van der Waals surface area contributed by atoms with Crippen LogP contribution >= 0.6 is 0 Å². The molecule has 1 aliphatic rings. The van der Waals surface area contributed by atoms with Gasteiger partial charge in [-0.15, -0.1) is 0 Å². The third-order valence-electron chi connectivity index (χ3n) is 2.91. The molecule has 74 valence electrons. The van der Waals surface area contributed by atoms with Gasteiger partial charge < -0.3 is 0 Å². The Bertz CT molecular complexity index is 326. The van der Waals surface area contributed by atoms with E-state index in [0.717, 1.165) is 18.4 Å². The quantitative estimate of drug-likeness (QED) is 0.590. The zero-order chi connectivity index (χ0) is 9.97. The summed E-state index contributed by atoms with van der Waals surface area (Å²) in [4.78, 5) is 0. The minimum Gasteiger partial charge on any atom is -0.242 e. The standard InChI is InChI=1S/C13H15F/c1-10-7-8-12(13(14)9-10)11-5-3-2-4-6-11/h2-6,9,12-13H,7-8H2,1H3. The van der Waals surface area contributed by atoms with Gasteiger partial charge in [-0.3, -0.25) is 0 Å². The Balaban J connectivity index is 2.21. The largest absolute Gasteiger partial charge is 0.242 e. The molecule has 0 amide bonds. The monoisotopic (exact) mass is 190 g/mol. The van der Waals surface area contributed by atoms with Crippen molar-refractivity contribution in [2.75, 3.05) is 0 Å². The molecule has 1 aromatic carbocycles. The van der Waals surface area contributed by atoms with Gasteiger partial charge in [0.25, 0.3) is 0 Å². The molecule has 0 fully saturated rings. The summed E-state index contributed by atoms with van der Waals surface area (Å²) >= 11 is 0. The Morgan fingerprint density at radius 1 is 1.21 bits per heavy atom. The van der Waals surface area contributed by atoms with E-state index in [1.54, 1.807) is 6.08 Å². The molecule has 1 aromatic rings. The first-order chi connectivity index (χ1) is 6.77. The molecule has 0 bridgehead atoms. The summed E-state index contributed by atoms with van der Waals surface area (Å²) in [7, 11) is 0. The first-order valence-electron chi connectivity index (χ1n) is 5.13. The Hall–Kier alpha value is -1.11. The smallest absolute Gasteiger partial charge is 0.125 e. The molecule has 0 N–H and O–H groups in total. The molecule has 0 saturated heterocycles. The maximum atomic E-state index is 13.7. The van der Waals surface area contributed by atoms with Crippen LogP contribution < -0.4 is 0 Å². The van der Waals surface area contributed by atoms with E-state index in [2.05, 4.69) is 0 Å². The number of rotatable bonds is 1. The van der Waals surface area contributed by atoms with Gasteiger partial charge >= 0.3 is 0 Å². The molecule has 0 radical (unpaired) electrons. The van der Waals surface area contributed by atoms with Crippen LogP contribution in [0.25, 0.3) is 0 Å². The van der Waals surface area contributed by atoms with Gasteiger partial charge in [0.05, 0.1) is 0 Å². The summed E-state index contributed by atoms with van der Waals surface area (Å²) in [6.45, 7) is 2.01. The minimum absolute atomic E-state index is 0.0694. The van der Waals surface area contributed by atoms with Crippen molar-refractivity contribution < 1.29 is 4.39 Å². The second-order valence-corrected chi connectivity index (χ2v) is 4.01. The lowest BCUT2D eigenvalue weighted by Gasteiger charge is -2.24. The van der Waals surface area contributed by atoms with Crippen molar-refractivity contribution in [3.8, 4) is 0 Å². The van der Waals surface area contributed by atoms with Crippen molar-refractivity contribution in [3.63, 3.8) is 0 Å². The van der Waals surface area contributed by atoms with Gasteiger partial charge in [-0.2, -0.15) is 0 Å². The van der Waals surface area contributed by atoms with Crippen LogP contribution in [0.15, 0.2) is 42.0 Å². The lowest BCUT2D eigenvalue weighted by molar-refractivity contribution is 0.315. The Labute approximate surface area is 84.5 Å². The number of hydrogen-bond donors (Lipinski definition) is 0. The third-order valence-corrected chi connectivity index (χ3v) is 2.91. The molecule has 0 aliphatic heterocycles. The predicted octanol–water partition coefficient (Wildman–Crippen LogP) is 3.85. The van der Waals surface area contributed by atoms with Crippen LogP contribution in [-0.2, 0) is 0 Å². The van der Waals surface area contributed by atoms with Crippen LogP contribution in [0, 0.1) is 0 Å². The van der Waals surface area contributed by atoms with Crippen molar-refractivity contribution in [2.45, 2.75) is 31.9 Å². The van der Waals surface area contributed by atoms with Gasteiger partial charge in [0.1, 0.15) is 6.17 Å². The van der Waals surface area contributed by atoms with Gasteiger partial charge in [-0.25, -0.2) is 4.39 Å². The average molecular weight is 190 g/mol. The summed E-state index contributed by atoms with van der Waals surface area (Å²) < 4.78 is 13.7. The average Bonchev–Trinajstić information content (AvgIpc) is 2.19. The SMILES string of the molecule is CC1=CC(F)C(c2ccccc2)CC1. The molecule has 2 atom stereocenters. The summed E-state index contributed by atoms with van der Waals surface area (Å²) in [6.07, 6.45) is 2.93. The highest BCUT2D eigenvalue weighted by atomic mass is 19.1. The summed E-state index contributed by atoms with van der Waals surface area (Å²) in [5.74, 6) is 0.0694. The Morgan fingerprint density at radius 2 is 1.93 bits per heavy atom. The van der Waals surface area contributed by atoms with Crippen LogP contribution in [0.3, 0.4) is 0 Å². The molecule has 0 saturated carbocycles. The second kappa shape index (κ2) is 3.95. The van der Waals surface area contributed by atoms with Crippen LogP contribution in [0.2, 0.25) is 0 Å². The molecular formula is C13H15F. The number of halogens is 1. The van der Waals surface area contributed by atoms with Gasteiger partial charge in [0.2, 0.25) is 0 Å². The lowest BCUT2D eigenvalue weighted by atomic mass is 9.84. The first-order valence-corrected chi connectivity index (χ1v) is 5.13. The van der Waals surface area contributed by atoms with Gasteiger partial charge in [0.15, 0.2) is 0 Å². The minimum atomic E-state index is -0.800. The van der Waals surface area contributed by atoms with Crippen molar-refractivity contribution in [2.24, 2.45) is 0 Å². The van der Waals surface area contributed by atoms with Gasteiger partial charge in [-0.1, -0.05) is 42.0 Å². The van der Waals surface area contributed by atoms with Crippen LogP contribution in [-0.4, -0.2) is 6.17 Å². The van der Waals surface area contributed by atoms with E-state index in [-0.39, 0.29) is 5.92 Å². The van der Waals surface area contributed by atoms with Crippen LogP contribution in [0.1, 0.15) is 31.2 Å². The molecule has 0 aromatic heterocycles. The molecule has 14 heavy (non-hydrogen) atoms. The second-order valence-electron chi connectivity index (χ2n) is 4.01. The lowest BCUT2D eigenvalue weighted by Crippen LogP contribution is -2.16. The topological polar surface area (TPSA) is 0 Å². The van der Waals surface area contributed by atoms with Crippen molar-refractivity contribution in [3.05, 3.63) is 47.5 Å². The van der Waals surface area contributed by atoms with E-state index < -0.39 is 6.17 Å². The number of allylic oxidation sites excluding steroid dienone is 2. The van der Waals surface area contributed by atoms with E-state index in [4.69, 9.17) is 0 Å². The van der Waals surface area contributed by atoms with Crippen molar-refractivity contribution in [1.82, 2.24) is 0 Å². The zero-order valence-corrected chi connectivity index (χ0v) is 8.41. The Kier molecular flexibility index (Phi) is 2.67. The Morgan fingerprint density at radius 3 is 2.57 bits per heavy atom. The molecule has 0 heterocycles. The number of benzene rings is 1. The summed E-state index contributed by atoms with van der Waals surface area (Å²) in [5, 5.41) is 0. The predicted molar refractivity (Wildman–Crippen MR) is 57.1 cm³/mol. The third kappa shape index (κ3) is 1.87. The fourth-order valence-electron chi connectivity index (χ4n) is 2.06. The van der Waals surface area contributed by atoms with E-state index in [1.807, 2.05) is 37.3 Å². The highest BCUT2D eigenvalue weighted by Crippen LogP contribution is 2.33. The molecule has 0 spiro atoms. The maximum absolute atomic E-state index is 13.7. The highest BCUT2D eigenvalue weighted by molar-refractivity contribution is 5.25. The number of alkyl halides is 1. The first kappa shape index (κ1) is 9.45. The summed E-state index contributed by atoms with van der Waals surface area (Å²) in [6, 6.07) is 9.97. The molecule has 1 aliphatic carbocycles. The van der Waals surface area contributed by atoms with Crippen molar-refractivity contribution in [1.29, 1.82) is 0 Å². The fraction of sp³-hybridized carbons (Fsp3) is 0.385. The molecule has 2 unspecified atom stereocenters. The zero-order valence-electron chi connectivity index (χ0n) is 8.41. The van der Waals surface area contributed by atoms with Crippen LogP contribution in [0.5, 0.6) is 0 Å². The normalized spacial score (nSPS) is 27.1. The van der Waals surface area contributed by atoms with E-state index in [9.17, 15) is 4.39 Å². The van der Waals surface area contributed by atoms with E-state index in [1.165, 1.54) is 5.57 Å². The molecule has 0 nitrogen and oxygen atoms in total. The van der Waals surface area contributed by atoms with E-state index in [0.29, 0.717) is 0 Å². The molecule has 1 heteroatoms. The highest BCUT2D eigenvalue weighted by Gasteiger charge is 2.24. The summed E-state index contributed by atoms with van der Waals surface area (Å²) in [5.41, 5.74) is 2.31. The fourth-order valence-corrected chi connectivity index (χ4v) is 2.06. The van der Waals surface area contributed by atoms with Crippen molar-refractivity contribution >= 4 is 0 Å². The maximum Gasteiger partial charge on any atom is 0.125 e. The molecular weight excluding hydrogens is 175 g/mol. The van der Waals surface area contributed by atoms with Gasteiger partial charge in [-0.05, 0) is 25.3 Å². The van der Waals surface area contributed by atoms with Crippen LogP contribution in [0.4, 0.5) is 4.39 Å². The van der Waals surface area contributed by atoms with E-state index >= 15 is 0 Å².